The van der Waals surface area contributed by atoms with Gasteiger partial charge in [-0.1, -0.05) is 194 Å². The van der Waals surface area contributed by atoms with Crippen molar-refractivity contribution in [3.8, 4) is 33.4 Å². The molecule has 12 aromatic rings. The Morgan fingerprint density at radius 3 is 1.48 bits per heavy atom. The van der Waals surface area contributed by atoms with Crippen LogP contribution in [0.3, 0.4) is 0 Å². The van der Waals surface area contributed by atoms with Crippen molar-refractivity contribution in [3.63, 3.8) is 0 Å². The van der Waals surface area contributed by atoms with Crippen LogP contribution in [0.5, 0.6) is 0 Å². The zero-order valence-corrected chi connectivity index (χ0v) is 33.5. The van der Waals surface area contributed by atoms with Gasteiger partial charge in [-0.2, -0.15) is 0 Å². The second-order valence-corrected chi connectivity index (χ2v) is 16.1. The van der Waals surface area contributed by atoms with Gasteiger partial charge in [-0.3, -0.25) is 0 Å². The van der Waals surface area contributed by atoms with E-state index in [0.717, 1.165) is 17.1 Å². The summed E-state index contributed by atoms with van der Waals surface area (Å²) in [4.78, 5) is 2.42. The molecule has 0 saturated carbocycles. The molecule has 0 aliphatic heterocycles. The van der Waals surface area contributed by atoms with Gasteiger partial charge in [-0.05, 0) is 135 Å². The molecule has 0 atom stereocenters. The predicted octanol–water partition coefficient (Wildman–Crippen LogP) is 17.1. The third kappa shape index (κ3) is 5.93. The van der Waals surface area contributed by atoms with Crippen molar-refractivity contribution in [2.24, 2.45) is 0 Å². The van der Waals surface area contributed by atoms with E-state index in [1.54, 1.807) is 0 Å². The fourth-order valence-corrected chi connectivity index (χ4v) is 9.68. The lowest BCUT2D eigenvalue weighted by Crippen LogP contribution is -2.11. The van der Waals surface area contributed by atoms with Crippen molar-refractivity contribution in [2.45, 2.75) is 0 Å². The topological polar surface area (TPSA) is 3.24 Å². The Labute approximate surface area is 355 Å². The van der Waals surface area contributed by atoms with Crippen LogP contribution in [0.4, 0.5) is 17.1 Å². The van der Waals surface area contributed by atoms with Crippen molar-refractivity contribution in [2.75, 3.05) is 4.90 Å². The lowest BCUT2D eigenvalue weighted by atomic mass is 9.93. The Kier molecular flexibility index (Phi) is 8.25. The van der Waals surface area contributed by atoms with Gasteiger partial charge in [0.2, 0.25) is 0 Å². The molecule has 0 saturated heterocycles. The van der Waals surface area contributed by atoms with Crippen LogP contribution in [0, 0.1) is 0 Å². The van der Waals surface area contributed by atoms with Crippen molar-refractivity contribution in [3.05, 3.63) is 237 Å². The molecule has 0 aliphatic rings. The molecule has 0 spiro atoms. The number of benzene rings is 12. The van der Waals surface area contributed by atoms with Gasteiger partial charge >= 0.3 is 0 Å². The maximum atomic E-state index is 2.42. The van der Waals surface area contributed by atoms with Crippen molar-refractivity contribution in [1.29, 1.82) is 0 Å². The van der Waals surface area contributed by atoms with Gasteiger partial charge in [0.15, 0.2) is 0 Å². The Balaban J connectivity index is 1.01. The van der Waals surface area contributed by atoms with Crippen molar-refractivity contribution in [1.82, 2.24) is 0 Å². The summed E-state index contributed by atoms with van der Waals surface area (Å²) in [7, 11) is 0. The van der Waals surface area contributed by atoms with Gasteiger partial charge in [0.1, 0.15) is 0 Å². The highest BCUT2D eigenvalue weighted by Gasteiger charge is 2.19. The minimum absolute atomic E-state index is 1.09. The maximum Gasteiger partial charge on any atom is 0.0540 e. The molecule has 61 heavy (non-hydrogen) atoms. The van der Waals surface area contributed by atoms with Crippen LogP contribution in [-0.4, -0.2) is 0 Å². The molecule has 1 heteroatoms. The van der Waals surface area contributed by atoms with Gasteiger partial charge in [-0.25, -0.2) is 0 Å². The molecule has 0 amide bonds. The molecule has 0 heterocycles. The maximum absolute atomic E-state index is 2.42. The molecule has 0 bridgehead atoms. The second kappa shape index (κ2) is 14.4. The first-order chi connectivity index (χ1) is 30.2. The van der Waals surface area contributed by atoms with E-state index in [-0.39, 0.29) is 0 Å². The highest BCUT2D eigenvalue weighted by atomic mass is 15.1. The summed E-state index contributed by atoms with van der Waals surface area (Å²) in [6, 6.07) is 86.9. The van der Waals surface area contributed by atoms with Gasteiger partial charge in [0, 0.05) is 16.9 Å². The number of anilines is 3. The third-order valence-electron chi connectivity index (χ3n) is 12.6. The highest BCUT2D eigenvalue weighted by molar-refractivity contribution is 6.21. The molecule has 0 aliphatic carbocycles. The van der Waals surface area contributed by atoms with Crippen molar-refractivity contribution < 1.29 is 0 Å². The zero-order valence-electron chi connectivity index (χ0n) is 33.5. The Morgan fingerprint density at radius 1 is 0.230 bits per heavy atom. The van der Waals surface area contributed by atoms with E-state index >= 15 is 0 Å². The number of para-hydroxylation sites is 1. The number of hydrogen-bond donors (Lipinski definition) is 0. The standard InChI is InChI=1S/C60H39N/c1-4-16-50-41(12-1)15-11-22-54(50)56-21-9-10-23-59(56)61(49-36-32-43(33-37-49)57-39-47-14-3-5-17-51(47)53-19-7-8-20-55(53)57)48-34-30-40(31-35-48)46-29-26-44-25-28-45-27-24-42-13-2-6-18-52(42)60(45)58(44)38-46/h1-39H. The van der Waals surface area contributed by atoms with Crippen LogP contribution in [0.25, 0.3) is 98.0 Å². The molecular formula is C60H39N. The van der Waals surface area contributed by atoms with E-state index in [1.165, 1.54) is 98.0 Å². The van der Waals surface area contributed by atoms with Gasteiger partial charge in [0.05, 0.1) is 5.69 Å². The quantitative estimate of drug-likeness (QED) is 0.152. The largest absolute Gasteiger partial charge is 0.310 e. The molecule has 0 aromatic heterocycles. The first-order valence-corrected chi connectivity index (χ1v) is 21.1. The van der Waals surface area contributed by atoms with E-state index in [2.05, 4.69) is 241 Å². The summed E-state index contributed by atoms with van der Waals surface area (Å²) < 4.78 is 0. The monoisotopic (exact) mass is 773 g/mol. The minimum atomic E-state index is 1.09. The average Bonchev–Trinajstić information content (AvgIpc) is 3.34. The summed E-state index contributed by atoms with van der Waals surface area (Å²) in [6.45, 7) is 0. The predicted molar refractivity (Wildman–Crippen MR) is 262 cm³/mol. The van der Waals surface area contributed by atoms with Crippen LogP contribution < -0.4 is 4.90 Å². The van der Waals surface area contributed by atoms with Gasteiger partial charge in [0.25, 0.3) is 0 Å². The zero-order chi connectivity index (χ0) is 40.3. The smallest absolute Gasteiger partial charge is 0.0540 e. The normalized spacial score (nSPS) is 11.6. The van der Waals surface area contributed by atoms with Crippen LogP contribution in [0.15, 0.2) is 237 Å². The molecule has 0 N–H and O–H groups in total. The number of rotatable bonds is 6. The first-order valence-electron chi connectivity index (χ1n) is 21.1. The summed E-state index contributed by atoms with van der Waals surface area (Å²) in [5.41, 5.74) is 10.5. The SMILES string of the molecule is c1ccc(N(c2ccc(-c3ccc4ccc5ccc6ccccc6c5c4c3)cc2)c2ccc(-c3cc4ccccc4c4ccccc34)cc2)c(-c2cccc3ccccc23)c1. The Morgan fingerprint density at radius 2 is 0.721 bits per heavy atom. The fraction of sp³-hybridized carbons (Fsp3) is 0. The van der Waals surface area contributed by atoms with Crippen molar-refractivity contribution >= 4 is 81.7 Å². The van der Waals surface area contributed by atoms with Crippen LogP contribution in [-0.2, 0) is 0 Å². The minimum Gasteiger partial charge on any atom is -0.310 e. The Bertz CT molecular complexity index is 3630. The molecule has 12 aromatic carbocycles. The molecule has 0 unspecified atom stereocenters. The third-order valence-corrected chi connectivity index (χ3v) is 12.6. The fourth-order valence-electron chi connectivity index (χ4n) is 9.68. The average molecular weight is 774 g/mol. The van der Waals surface area contributed by atoms with Crippen LogP contribution in [0.1, 0.15) is 0 Å². The van der Waals surface area contributed by atoms with E-state index in [1.807, 2.05) is 0 Å². The second-order valence-electron chi connectivity index (χ2n) is 16.1. The molecule has 0 fully saturated rings. The van der Waals surface area contributed by atoms with Crippen LogP contribution in [0.2, 0.25) is 0 Å². The summed E-state index contributed by atoms with van der Waals surface area (Å²) in [5, 5.41) is 15.2. The summed E-state index contributed by atoms with van der Waals surface area (Å²) in [6.07, 6.45) is 0. The van der Waals surface area contributed by atoms with E-state index in [9.17, 15) is 0 Å². The van der Waals surface area contributed by atoms with E-state index in [4.69, 9.17) is 0 Å². The lowest BCUT2D eigenvalue weighted by molar-refractivity contribution is 1.28. The molecular weight excluding hydrogens is 735 g/mol. The van der Waals surface area contributed by atoms with E-state index in [0.29, 0.717) is 0 Å². The lowest BCUT2D eigenvalue weighted by Gasteiger charge is -2.28. The van der Waals surface area contributed by atoms with Gasteiger partial charge < -0.3 is 4.90 Å². The first kappa shape index (κ1) is 35.0. The number of fused-ring (bicyclic) bond motifs is 9. The molecule has 1 nitrogen and oxygen atoms in total. The molecule has 0 radical (unpaired) electrons. The number of hydrogen-bond acceptors (Lipinski definition) is 1. The highest BCUT2D eigenvalue weighted by Crippen LogP contribution is 2.44. The molecule has 284 valence electrons. The Hall–Kier alpha value is -8.00. The van der Waals surface area contributed by atoms with E-state index < -0.39 is 0 Å². The summed E-state index contributed by atoms with van der Waals surface area (Å²) in [5.74, 6) is 0. The number of nitrogens with zero attached hydrogens (tertiary/aromatic N) is 1. The summed E-state index contributed by atoms with van der Waals surface area (Å²) >= 11 is 0. The van der Waals surface area contributed by atoms with Crippen LogP contribution >= 0.6 is 0 Å². The van der Waals surface area contributed by atoms with Gasteiger partial charge in [-0.15, -0.1) is 0 Å². The molecule has 12 rings (SSSR count).